The highest BCUT2D eigenvalue weighted by atomic mass is 32.2. The van der Waals surface area contributed by atoms with Crippen LogP contribution in [0, 0.1) is 11.8 Å². The molecule has 0 bridgehead atoms. The summed E-state index contributed by atoms with van der Waals surface area (Å²) in [7, 11) is -3.09. The standard InChI is InChI=1S/C13H27NO3S/c1-11(2)8-13(3,15)9-12-6-5-7-14(10-12)18(4,16)17/h11-12,15H,5-10H2,1-4H3. The lowest BCUT2D eigenvalue weighted by atomic mass is 9.83. The third kappa shape index (κ3) is 5.24. The maximum absolute atomic E-state index is 11.5. The molecule has 0 saturated carbocycles. The summed E-state index contributed by atoms with van der Waals surface area (Å²) >= 11 is 0. The van der Waals surface area contributed by atoms with Crippen LogP contribution in [0.2, 0.25) is 0 Å². The van der Waals surface area contributed by atoms with Crippen molar-refractivity contribution in [2.45, 2.75) is 52.1 Å². The molecule has 1 saturated heterocycles. The summed E-state index contributed by atoms with van der Waals surface area (Å²) in [5, 5.41) is 10.4. The van der Waals surface area contributed by atoms with Crippen LogP contribution in [0.3, 0.4) is 0 Å². The summed E-state index contributed by atoms with van der Waals surface area (Å²) < 4.78 is 24.6. The van der Waals surface area contributed by atoms with Gasteiger partial charge in [0.2, 0.25) is 10.0 Å². The molecule has 0 aromatic rings. The monoisotopic (exact) mass is 277 g/mol. The molecule has 1 N–H and O–H groups in total. The molecule has 2 unspecified atom stereocenters. The van der Waals surface area contributed by atoms with Crippen LogP contribution in [-0.2, 0) is 10.0 Å². The smallest absolute Gasteiger partial charge is 0.211 e. The van der Waals surface area contributed by atoms with Crippen LogP contribution in [-0.4, -0.2) is 42.8 Å². The highest BCUT2D eigenvalue weighted by Gasteiger charge is 2.31. The number of hydrogen-bond donors (Lipinski definition) is 1. The topological polar surface area (TPSA) is 57.6 Å². The van der Waals surface area contributed by atoms with E-state index in [1.54, 1.807) is 4.31 Å². The zero-order chi connectivity index (χ0) is 14.0. The molecule has 1 aliphatic rings. The molecule has 0 aliphatic carbocycles. The molecule has 1 heterocycles. The van der Waals surface area contributed by atoms with E-state index in [1.165, 1.54) is 6.26 Å². The Labute approximate surface area is 111 Å². The molecule has 0 amide bonds. The van der Waals surface area contributed by atoms with Crippen molar-refractivity contribution < 1.29 is 13.5 Å². The van der Waals surface area contributed by atoms with E-state index in [0.29, 0.717) is 25.4 Å². The summed E-state index contributed by atoms with van der Waals surface area (Å²) in [6.45, 7) is 7.25. The fraction of sp³-hybridized carbons (Fsp3) is 1.00. The van der Waals surface area contributed by atoms with Crippen LogP contribution in [0.4, 0.5) is 0 Å². The fourth-order valence-corrected chi connectivity index (χ4v) is 4.02. The van der Waals surface area contributed by atoms with E-state index in [2.05, 4.69) is 13.8 Å². The summed E-state index contributed by atoms with van der Waals surface area (Å²) in [6, 6.07) is 0. The van der Waals surface area contributed by atoms with Gasteiger partial charge in [-0.2, -0.15) is 0 Å². The van der Waals surface area contributed by atoms with Gasteiger partial charge in [0.15, 0.2) is 0 Å². The van der Waals surface area contributed by atoms with Crippen LogP contribution in [0.1, 0.15) is 46.5 Å². The van der Waals surface area contributed by atoms with Crippen molar-refractivity contribution in [3.05, 3.63) is 0 Å². The van der Waals surface area contributed by atoms with Crippen LogP contribution in [0.25, 0.3) is 0 Å². The van der Waals surface area contributed by atoms with E-state index in [4.69, 9.17) is 0 Å². The minimum atomic E-state index is -3.09. The Balaban J connectivity index is 2.57. The number of nitrogens with zero attached hydrogens (tertiary/aromatic N) is 1. The average molecular weight is 277 g/mol. The number of hydrogen-bond acceptors (Lipinski definition) is 3. The van der Waals surface area contributed by atoms with Gasteiger partial charge in [-0.15, -0.1) is 0 Å². The van der Waals surface area contributed by atoms with E-state index >= 15 is 0 Å². The van der Waals surface area contributed by atoms with Gasteiger partial charge in [0.25, 0.3) is 0 Å². The molecule has 1 rings (SSSR count). The molecular weight excluding hydrogens is 250 g/mol. The average Bonchev–Trinajstić information content (AvgIpc) is 2.13. The molecule has 108 valence electrons. The third-order valence-electron chi connectivity index (χ3n) is 3.53. The highest BCUT2D eigenvalue weighted by Crippen LogP contribution is 2.30. The Morgan fingerprint density at radius 1 is 1.44 bits per heavy atom. The normalized spacial score (nSPS) is 26.2. The fourth-order valence-electron chi connectivity index (χ4n) is 3.08. The van der Waals surface area contributed by atoms with E-state index < -0.39 is 15.6 Å². The van der Waals surface area contributed by atoms with E-state index in [1.807, 2.05) is 6.92 Å². The molecule has 1 aliphatic heterocycles. The molecule has 2 atom stereocenters. The summed E-state index contributed by atoms with van der Waals surface area (Å²) in [4.78, 5) is 0. The first kappa shape index (κ1) is 15.9. The third-order valence-corrected chi connectivity index (χ3v) is 4.80. The molecule has 18 heavy (non-hydrogen) atoms. The van der Waals surface area contributed by atoms with Crippen LogP contribution in [0.5, 0.6) is 0 Å². The Morgan fingerprint density at radius 3 is 2.56 bits per heavy atom. The van der Waals surface area contributed by atoms with Gasteiger partial charge in [-0.1, -0.05) is 13.8 Å². The molecule has 0 aromatic heterocycles. The quantitative estimate of drug-likeness (QED) is 0.834. The van der Waals surface area contributed by atoms with Crippen LogP contribution >= 0.6 is 0 Å². The van der Waals surface area contributed by atoms with Crippen molar-refractivity contribution in [1.29, 1.82) is 0 Å². The first-order valence-electron chi connectivity index (χ1n) is 6.78. The minimum Gasteiger partial charge on any atom is -0.390 e. The molecule has 5 heteroatoms. The molecule has 4 nitrogen and oxygen atoms in total. The second kappa shape index (κ2) is 5.88. The summed E-state index contributed by atoms with van der Waals surface area (Å²) in [5.41, 5.74) is -0.681. The van der Waals surface area contributed by atoms with Crippen molar-refractivity contribution in [2.75, 3.05) is 19.3 Å². The van der Waals surface area contributed by atoms with Gasteiger partial charge in [0.1, 0.15) is 0 Å². The van der Waals surface area contributed by atoms with Crippen LogP contribution in [0.15, 0.2) is 0 Å². The lowest BCUT2D eigenvalue weighted by molar-refractivity contribution is 0.00693. The predicted molar refractivity (Wildman–Crippen MR) is 73.8 cm³/mol. The Bertz CT molecular complexity index is 362. The Kier molecular flexibility index (Phi) is 5.21. The largest absolute Gasteiger partial charge is 0.390 e. The van der Waals surface area contributed by atoms with Crippen molar-refractivity contribution in [2.24, 2.45) is 11.8 Å². The van der Waals surface area contributed by atoms with Crippen LogP contribution < -0.4 is 0 Å². The van der Waals surface area contributed by atoms with Gasteiger partial charge in [-0.25, -0.2) is 12.7 Å². The van der Waals surface area contributed by atoms with Gasteiger partial charge < -0.3 is 5.11 Å². The van der Waals surface area contributed by atoms with Gasteiger partial charge in [-0.05, 0) is 44.4 Å². The maximum Gasteiger partial charge on any atom is 0.211 e. The second-order valence-corrected chi connectivity index (χ2v) is 8.41. The maximum atomic E-state index is 11.5. The molecule has 0 aromatic carbocycles. The van der Waals surface area contributed by atoms with Gasteiger partial charge in [0, 0.05) is 13.1 Å². The highest BCUT2D eigenvalue weighted by molar-refractivity contribution is 7.88. The summed E-state index contributed by atoms with van der Waals surface area (Å²) in [6.07, 6.45) is 4.64. The zero-order valence-corrected chi connectivity index (χ0v) is 12.8. The lowest BCUT2D eigenvalue weighted by Gasteiger charge is -2.35. The van der Waals surface area contributed by atoms with E-state index in [0.717, 1.165) is 19.3 Å². The number of piperidine rings is 1. The Hall–Kier alpha value is -0.130. The van der Waals surface area contributed by atoms with Gasteiger partial charge >= 0.3 is 0 Å². The molecule has 0 radical (unpaired) electrons. The minimum absolute atomic E-state index is 0.280. The lowest BCUT2D eigenvalue weighted by Crippen LogP contribution is -2.42. The van der Waals surface area contributed by atoms with Gasteiger partial charge in [0.05, 0.1) is 11.9 Å². The van der Waals surface area contributed by atoms with E-state index in [9.17, 15) is 13.5 Å². The predicted octanol–water partition coefficient (Wildman–Crippen LogP) is 1.85. The molecule has 1 fully saturated rings. The molecule has 0 spiro atoms. The number of sulfonamides is 1. The van der Waals surface area contributed by atoms with E-state index in [-0.39, 0.29) is 5.92 Å². The van der Waals surface area contributed by atoms with Crippen molar-refractivity contribution in [1.82, 2.24) is 4.31 Å². The second-order valence-electron chi connectivity index (χ2n) is 6.43. The Morgan fingerprint density at radius 2 is 2.06 bits per heavy atom. The van der Waals surface area contributed by atoms with Gasteiger partial charge in [-0.3, -0.25) is 0 Å². The number of aliphatic hydroxyl groups is 1. The summed E-state index contributed by atoms with van der Waals surface area (Å²) in [5.74, 6) is 0.733. The zero-order valence-electron chi connectivity index (χ0n) is 12.0. The molecular formula is C13H27NO3S. The SMILES string of the molecule is CC(C)CC(C)(O)CC1CCCN(S(C)(=O)=O)C1. The van der Waals surface area contributed by atoms with Crippen molar-refractivity contribution in [3.63, 3.8) is 0 Å². The first-order chi connectivity index (χ1) is 8.10. The first-order valence-corrected chi connectivity index (χ1v) is 8.62. The van der Waals surface area contributed by atoms with Crippen molar-refractivity contribution in [3.8, 4) is 0 Å². The number of rotatable bonds is 5. The van der Waals surface area contributed by atoms with Crippen molar-refractivity contribution >= 4 is 10.0 Å².